The molecule has 0 aromatic rings. The summed E-state index contributed by atoms with van der Waals surface area (Å²) in [6.45, 7) is 5.64. The zero-order chi connectivity index (χ0) is 13.2. The summed E-state index contributed by atoms with van der Waals surface area (Å²) in [4.78, 5) is 16.8. The average molecular weight is 253 g/mol. The third kappa shape index (κ3) is 2.69. The van der Waals surface area contributed by atoms with Crippen LogP contribution in [0.5, 0.6) is 0 Å². The second kappa shape index (κ2) is 5.57. The summed E-state index contributed by atoms with van der Waals surface area (Å²) in [5, 5.41) is 0. The predicted molar refractivity (Wildman–Crippen MR) is 73.2 cm³/mol. The molecule has 0 aromatic heterocycles. The van der Waals surface area contributed by atoms with E-state index in [0.717, 1.165) is 38.9 Å². The number of carbonyl (C=O) groups excluding carboxylic acids is 1. The van der Waals surface area contributed by atoms with E-state index in [1.54, 1.807) is 0 Å². The van der Waals surface area contributed by atoms with E-state index in [-0.39, 0.29) is 5.41 Å². The first-order valence-corrected chi connectivity index (χ1v) is 7.28. The molecular weight excluding hydrogens is 226 g/mol. The molecule has 1 heterocycles. The molecule has 2 aliphatic rings. The van der Waals surface area contributed by atoms with Crippen LogP contribution in [0, 0.1) is 5.41 Å². The molecule has 1 aliphatic carbocycles. The van der Waals surface area contributed by atoms with Crippen molar-refractivity contribution in [1.82, 2.24) is 9.80 Å². The normalized spacial score (nSPS) is 27.9. The first kappa shape index (κ1) is 13.8. The van der Waals surface area contributed by atoms with Gasteiger partial charge in [-0.25, -0.2) is 0 Å². The summed E-state index contributed by atoms with van der Waals surface area (Å²) >= 11 is 0. The van der Waals surface area contributed by atoms with Gasteiger partial charge in [0.25, 0.3) is 0 Å². The van der Waals surface area contributed by atoms with Crippen molar-refractivity contribution < 1.29 is 4.79 Å². The first-order chi connectivity index (χ1) is 8.60. The lowest BCUT2D eigenvalue weighted by Crippen LogP contribution is -2.54. The Balaban J connectivity index is 1.89. The van der Waals surface area contributed by atoms with Crippen molar-refractivity contribution in [2.45, 2.75) is 45.1 Å². The smallest absolute Gasteiger partial charge is 0.223 e. The van der Waals surface area contributed by atoms with Crippen LogP contribution in [0.15, 0.2) is 0 Å². The van der Waals surface area contributed by atoms with Crippen molar-refractivity contribution in [2.75, 3.05) is 33.2 Å². The summed E-state index contributed by atoms with van der Waals surface area (Å²) in [5.41, 5.74) is 5.98. The highest BCUT2D eigenvalue weighted by molar-refractivity contribution is 5.77. The molecule has 0 bridgehead atoms. The van der Waals surface area contributed by atoms with Gasteiger partial charge in [0.1, 0.15) is 0 Å². The van der Waals surface area contributed by atoms with Crippen LogP contribution in [-0.4, -0.2) is 55.0 Å². The van der Waals surface area contributed by atoms with Gasteiger partial charge in [0.2, 0.25) is 5.91 Å². The SMILES string of the molecule is CCC1CN(C(=O)CC2(CN)CCC2)CCN1C. The van der Waals surface area contributed by atoms with Gasteiger partial charge >= 0.3 is 0 Å². The number of piperazine rings is 1. The van der Waals surface area contributed by atoms with E-state index in [1.165, 1.54) is 6.42 Å². The van der Waals surface area contributed by atoms with E-state index in [0.29, 0.717) is 24.9 Å². The molecule has 1 saturated carbocycles. The predicted octanol–water partition coefficient (Wildman–Crippen LogP) is 1.06. The lowest BCUT2D eigenvalue weighted by atomic mass is 9.66. The van der Waals surface area contributed by atoms with Crippen LogP contribution in [0.2, 0.25) is 0 Å². The Morgan fingerprint density at radius 3 is 2.61 bits per heavy atom. The zero-order valence-corrected chi connectivity index (χ0v) is 11.8. The van der Waals surface area contributed by atoms with Crippen LogP contribution in [-0.2, 0) is 4.79 Å². The van der Waals surface area contributed by atoms with Crippen LogP contribution >= 0.6 is 0 Å². The molecule has 1 atom stereocenters. The van der Waals surface area contributed by atoms with Crippen molar-refractivity contribution in [3.63, 3.8) is 0 Å². The van der Waals surface area contributed by atoms with Crippen LogP contribution in [0.4, 0.5) is 0 Å². The number of hydrogen-bond acceptors (Lipinski definition) is 3. The highest BCUT2D eigenvalue weighted by Gasteiger charge is 2.39. The molecule has 2 rings (SSSR count). The second-order valence-electron chi connectivity index (χ2n) is 6.12. The van der Waals surface area contributed by atoms with Crippen molar-refractivity contribution in [3.05, 3.63) is 0 Å². The van der Waals surface area contributed by atoms with Crippen molar-refractivity contribution in [2.24, 2.45) is 11.1 Å². The molecule has 4 heteroatoms. The van der Waals surface area contributed by atoms with Crippen LogP contribution in [0.1, 0.15) is 39.0 Å². The van der Waals surface area contributed by atoms with Gasteiger partial charge in [-0.1, -0.05) is 13.3 Å². The maximum atomic E-state index is 12.4. The zero-order valence-electron chi connectivity index (χ0n) is 11.8. The summed E-state index contributed by atoms with van der Waals surface area (Å²) in [6, 6.07) is 0.526. The number of amides is 1. The molecule has 1 saturated heterocycles. The highest BCUT2D eigenvalue weighted by Crippen LogP contribution is 2.43. The number of likely N-dealkylation sites (N-methyl/N-ethyl adjacent to an activating group) is 1. The van der Waals surface area contributed by atoms with Crippen LogP contribution < -0.4 is 5.73 Å². The van der Waals surface area contributed by atoms with Crippen molar-refractivity contribution in [3.8, 4) is 0 Å². The van der Waals surface area contributed by atoms with Crippen molar-refractivity contribution >= 4 is 5.91 Å². The van der Waals surface area contributed by atoms with E-state index < -0.39 is 0 Å². The van der Waals surface area contributed by atoms with E-state index in [4.69, 9.17) is 5.73 Å². The van der Waals surface area contributed by atoms with E-state index in [1.807, 2.05) is 0 Å². The monoisotopic (exact) mass is 253 g/mol. The van der Waals surface area contributed by atoms with Gasteiger partial charge in [-0.2, -0.15) is 0 Å². The van der Waals surface area contributed by atoms with E-state index in [9.17, 15) is 4.79 Å². The number of hydrogen-bond donors (Lipinski definition) is 1. The summed E-state index contributed by atoms with van der Waals surface area (Å²) in [6.07, 6.45) is 5.30. The van der Waals surface area contributed by atoms with Gasteiger partial charge in [-0.15, -0.1) is 0 Å². The Kier molecular flexibility index (Phi) is 4.28. The van der Waals surface area contributed by atoms with Crippen molar-refractivity contribution in [1.29, 1.82) is 0 Å². The van der Waals surface area contributed by atoms with Gasteiger partial charge in [-0.05, 0) is 38.3 Å². The van der Waals surface area contributed by atoms with Gasteiger partial charge in [0.05, 0.1) is 0 Å². The third-order valence-electron chi connectivity index (χ3n) is 4.97. The first-order valence-electron chi connectivity index (χ1n) is 7.28. The largest absolute Gasteiger partial charge is 0.340 e. The van der Waals surface area contributed by atoms with Crippen LogP contribution in [0.3, 0.4) is 0 Å². The number of nitrogens with zero attached hydrogens (tertiary/aromatic N) is 2. The second-order valence-corrected chi connectivity index (χ2v) is 6.12. The summed E-state index contributed by atoms with van der Waals surface area (Å²) in [7, 11) is 2.16. The van der Waals surface area contributed by atoms with Gasteiger partial charge in [-0.3, -0.25) is 9.69 Å². The van der Waals surface area contributed by atoms with Gasteiger partial charge < -0.3 is 10.6 Å². The Morgan fingerprint density at radius 1 is 1.39 bits per heavy atom. The molecule has 0 aromatic carbocycles. The fourth-order valence-corrected chi connectivity index (χ4v) is 3.18. The quantitative estimate of drug-likeness (QED) is 0.815. The van der Waals surface area contributed by atoms with Crippen LogP contribution in [0.25, 0.3) is 0 Å². The summed E-state index contributed by atoms with van der Waals surface area (Å²) < 4.78 is 0. The molecule has 0 spiro atoms. The fraction of sp³-hybridized carbons (Fsp3) is 0.929. The van der Waals surface area contributed by atoms with E-state index in [2.05, 4.69) is 23.8 Å². The summed E-state index contributed by atoms with van der Waals surface area (Å²) in [5.74, 6) is 0.326. The minimum absolute atomic E-state index is 0.141. The average Bonchev–Trinajstić information content (AvgIpc) is 2.34. The molecule has 2 N–H and O–H groups in total. The molecule has 1 amide bonds. The maximum absolute atomic E-state index is 12.4. The molecular formula is C14H27N3O. The Morgan fingerprint density at radius 2 is 2.11 bits per heavy atom. The molecule has 0 radical (unpaired) electrons. The Labute approximate surface area is 110 Å². The lowest BCUT2D eigenvalue weighted by Gasteiger charge is -2.44. The molecule has 4 nitrogen and oxygen atoms in total. The fourth-order valence-electron chi connectivity index (χ4n) is 3.18. The molecule has 18 heavy (non-hydrogen) atoms. The Hall–Kier alpha value is -0.610. The lowest BCUT2D eigenvalue weighted by molar-refractivity contribution is -0.137. The minimum Gasteiger partial charge on any atom is -0.340 e. The molecule has 1 aliphatic heterocycles. The molecule has 2 fully saturated rings. The topological polar surface area (TPSA) is 49.6 Å². The number of nitrogens with two attached hydrogens (primary N) is 1. The Bertz CT molecular complexity index is 296. The molecule has 1 unspecified atom stereocenters. The highest BCUT2D eigenvalue weighted by atomic mass is 16.2. The van der Waals surface area contributed by atoms with E-state index >= 15 is 0 Å². The standard InChI is InChI=1S/C14H27N3O/c1-3-12-10-17(8-7-16(12)2)13(18)9-14(11-15)5-4-6-14/h12H,3-11,15H2,1-2H3. The van der Waals surface area contributed by atoms with Gasteiger partial charge in [0, 0.05) is 32.1 Å². The maximum Gasteiger partial charge on any atom is 0.223 e. The minimum atomic E-state index is 0.141. The molecule has 104 valence electrons. The number of carbonyl (C=O) groups is 1. The van der Waals surface area contributed by atoms with Gasteiger partial charge in [0.15, 0.2) is 0 Å². The third-order valence-corrected chi connectivity index (χ3v) is 4.97. The number of rotatable bonds is 4.